The Morgan fingerprint density at radius 3 is 2.56 bits per heavy atom. The maximum atomic E-state index is 6.33. The molecule has 106 valence electrons. The van der Waals surface area contributed by atoms with Gasteiger partial charge in [0.15, 0.2) is 0 Å². The van der Waals surface area contributed by atoms with Crippen LogP contribution in [0.3, 0.4) is 0 Å². The summed E-state index contributed by atoms with van der Waals surface area (Å²) in [5.74, 6) is 0.668. The molecule has 18 heavy (non-hydrogen) atoms. The lowest BCUT2D eigenvalue weighted by Gasteiger charge is -2.42. The minimum Gasteiger partial charge on any atom is -0.381 e. The SMILES string of the molecule is CN(CC1CC(C)(C)CCC1N)C1CCOCC1. The fourth-order valence-corrected chi connectivity index (χ4v) is 3.60. The van der Waals surface area contributed by atoms with Crippen molar-refractivity contribution in [1.82, 2.24) is 4.90 Å². The Hall–Kier alpha value is -0.120. The molecule has 2 N–H and O–H groups in total. The van der Waals surface area contributed by atoms with Crippen LogP contribution in [0.4, 0.5) is 0 Å². The maximum absolute atomic E-state index is 6.33. The fraction of sp³-hybridized carbons (Fsp3) is 1.00. The van der Waals surface area contributed by atoms with Gasteiger partial charge in [0.25, 0.3) is 0 Å². The smallest absolute Gasteiger partial charge is 0.0480 e. The summed E-state index contributed by atoms with van der Waals surface area (Å²) in [5.41, 5.74) is 6.81. The molecular weight excluding hydrogens is 224 g/mol. The molecule has 0 spiro atoms. The number of hydrogen-bond donors (Lipinski definition) is 1. The zero-order valence-corrected chi connectivity index (χ0v) is 12.3. The van der Waals surface area contributed by atoms with E-state index in [0.29, 0.717) is 23.4 Å². The van der Waals surface area contributed by atoms with E-state index < -0.39 is 0 Å². The van der Waals surface area contributed by atoms with Gasteiger partial charge in [0.05, 0.1) is 0 Å². The van der Waals surface area contributed by atoms with Gasteiger partial charge in [-0.15, -0.1) is 0 Å². The predicted molar refractivity (Wildman–Crippen MR) is 75.6 cm³/mol. The third-order valence-corrected chi connectivity index (χ3v) is 4.91. The normalized spacial score (nSPS) is 33.8. The van der Waals surface area contributed by atoms with E-state index in [1.165, 1.54) is 32.1 Å². The van der Waals surface area contributed by atoms with Crippen molar-refractivity contribution in [2.45, 2.75) is 58.0 Å². The van der Waals surface area contributed by atoms with Gasteiger partial charge in [0, 0.05) is 31.8 Å². The highest BCUT2D eigenvalue weighted by molar-refractivity contribution is 4.89. The molecule has 0 aromatic carbocycles. The molecule has 0 radical (unpaired) electrons. The van der Waals surface area contributed by atoms with Crippen molar-refractivity contribution < 1.29 is 4.74 Å². The molecule has 1 heterocycles. The third-order valence-electron chi connectivity index (χ3n) is 4.91. The first-order valence-electron chi connectivity index (χ1n) is 7.51. The summed E-state index contributed by atoms with van der Waals surface area (Å²) in [6, 6.07) is 1.11. The molecule has 1 aliphatic heterocycles. The third kappa shape index (κ3) is 3.69. The van der Waals surface area contributed by atoms with E-state index in [2.05, 4.69) is 25.8 Å². The molecule has 2 rings (SSSR count). The van der Waals surface area contributed by atoms with Gasteiger partial charge in [-0.1, -0.05) is 13.8 Å². The van der Waals surface area contributed by atoms with Crippen LogP contribution in [0.1, 0.15) is 46.0 Å². The van der Waals surface area contributed by atoms with Crippen LogP contribution in [-0.4, -0.2) is 43.8 Å². The van der Waals surface area contributed by atoms with Gasteiger partial charge in [0.2, 0.25) is 0 Å². The van der Waals surface area contributed by atoms with Crippen LogP contribution >= 0.6 is 0 Å². The van der Waals surface area contributed by atoms with Crippen LogP contribution < -0.4 is 5.73 Å². The molecule has 2 aliphatic rings. The standard InChI is InChI=1S/C15H30N2O/c1-15(2)7-4-14(16)12(10-15)11-17(3)13-5-8-18-9-6-13/h12-14H,4-11,16H2,1-3H3. The number of ether oxygens (including phenoxy) is 1. The molecule has 0 aromatic rings. The van der Waals surface area contributed by atoms with Gasteiger partial charge in [-0.05, 0) is 50.5 Å². The van der Waals surface area contributed by atoms with E-state index in [-0.39, 0.29) is 0 Å². The fourth-order valence-electron chi connectivity index (χ4n) is 3.60. The second kappa shape index (κ2) is 5.89. The molecular formula is C15H30N2O. The van der Waals surface area contributed by atoms with Crippen LogP contribution in [-0.2, 0) is 4.74 Å². The van der Waals surface area contributed by atoms with Crippen LogP contribution in [0.2, 0.25) is 0 Å². The minimum absolute atomic E-state index is 0.403. The molecule has 2 unspecified atom stereocenters. The first kappa shape index (κ1) is 14.3. The average Bonchev–Trinajstić information content (AvgIpc) is 2.35. The van der Waals surface area contributed by atoms with Crippen molar-refractivity contribution in [3.8, 4) is 0 Å². The Morgan fingerprint density at radius 1 is 1.22 bits per heavy atom. The summed E-state index contributed by atoms with van der Waals surface area (Å²) in [6.07, 6.45) is 6.12. The summed E-state index contributed by atoms with van der Waals surface area (Å²) in [4.78, 5) is 2.54. The Kier molecular flexibility index (Phi) is 4.68. The van der Waals surface area contributed by atoms with Crippen molar-refractivity contribution in [2.24, 2.45) is 17.1 Å². The number of rotatable bonds is 3. The molecule has 0 amide bonds. The summed E-state index contributed by atoms with van der Waals surface area (Å²) in [5, 5.41) is 0. The van der Waals surface area contributed by atoms with E-state index in [4.69, 9.17) is 10.5 Å². The van der Waals surface area contributed by atoms with Crippen LogP contribution in [0.25, 0.3) is 0 Å². The number of hydrogen-bond acceptors (Lipinski definition) is 3. The van der Waals surface area contributed by atoms with Crippen molar-refractivity contribution in [3.05, 3.63) is 0 Å². The molecule has 2 atom stereocenters. The van der Waals surface area contributed by atoms with Gasteiger partial charge in [-0.25, -0.2) is 0 Å². The van der Waals surface area contributed by atoms with Crippen LogP contribution in [0.5, 0.6) is 0 Å². The second-order valence-corrected chi connectivity index (χ2v) is 7.11. The zero-order valence-electron chi connectivity index (χ0n) is 12.3. The highest BCUT2D eigenvalue weighted by Gasteiger charge is 2.34. The molecule has 1 saturated carbocycles. The Morgan fingerprint density at radius 2 is 1.89 bits per heavy atom. The first-order valence-corrected chi connectivity index (χ1v) is 7.51. The highest BCUT2D eigenvalue weighted by Crippen LogP contribution is 2.38. The zero-order chi connectivity index (χ0) is 13.2. The summed E-state index contributed by atoms with van der Waals surface area (Å²) < 4.78 is 5.44. The van der Waals surface area contributed by atoms with E-state index in [9.17, 15) is 0 Å². The lowest BCUT2D eigenvalue weighted by Crippen LogP contribution is -2.47. The average molecular weight is 254 g/mol. The van der Waals surface area contributed by atoms with Gasteiger partial charge >= 0.3 is 0 Å². The highest BCUT2D eigenvalue weighted by atomic mass is 16.5. The summed E-state index contributed by atoms with van der Waals surface area (Å²) >= 11 is 0. The van der Waals surface area contributed by atoms with Gasteiger partial charge < -0.3 is 15.4 Å². The topological polar surface area (TPSA) is 38.5 Å². The molecule has 3 heteroatoms. The molecule has 1 aliphatic carbocycles. The largest absolute Gasteiger partial charge is 0.381 e. The van der Waals surface area contributed by atoms with Crippen molar-refractivity contribution >= 4 is 0 Å². The van der Waals surface area contributed by atoms with E-state index in [0.717, 1.165) is 19.8 Å². The van der Waals surface area contributed by atoms with Crippen LogP contribution in [0, 0.1) is 11.3 Å². The lowest BCUT2D eigenvalue weighted by atomic mass is 9.70. The second-order valence-electron chi connectivity index (χ2n) is 7.11. The molecule has 2 fully saturated rings. The Labute approximate surface area is 112 Å². The monoisotopic (exact) mass is 254 g/mol. The van der Waals surface area contributed by atoms with E-state index in [1.54, 1.807) is 0 Å². The molecule has 3 nitrogen and oxygen atoms in total. The number of nitrogens with zero attached hydrogens (tertiary/aromatic N) is 1. The Balaban J connectivity index is 1.86. The first-order chi connectivity index (χ1) is 8.48. The van der Waals surface area contributed by atoms with Gasteiger partial charge in [-0.3, -0.25) is 0 Å². The van der Waals surface area contributed by atoms with E-state index >= 15 is 0 Å². The van der Waals surface area contributed by atoms with Crippen LogP contribution in [0.15, 0.2) is 0 Å². The maximum Gasteiger partial charge on any atom is 0.0480 e. The Bertz CT molecular complexity index is 261. The minimum atomic E-state index is 0.403. The summed E-state index contributed by atoms with van der Waals surface area (Å²) in [7, 11) is 2.27. The van der Waals surface area contributed by atoms with E-state index in [1.807, 2.05) is 0 Å². The number of nitrogens with two attached hydrogens (primary N) is 1. The van der Waals surface area contributed by atoms with Gasteiger partial charge in [-0.2, -0.15) is 0 Å². The van der Waals surface area contributed by atoms with Crippen molar-refractivity contribution in [3.63, 3.8) is 0 Å². The quantitative estimate of drug-likeness (QED) is 0.839. The lowest BCUT2D eigenvalue weighted by molar-refractivity contribution is 0.0289. The van der Waals surface area contributed by atoms with Crippen molar-refractivity contribution in [2.75, 3.05) is 26.8 Å². The summed E-state index contributed by atoms with van der Waals surface area (Å²) in [6.45, 7) is 7.80. The predicted octanol–water partition coefficient (Wildman–Crippen LogP) is 2.25. The molecule has 1 saturated heterocycles. The molecule has 0 bridgehead atoms. The molecule has 0 aromatic heterocycles. The van der Waals surface area contributed by atoms with Gasteiger partial charge in [0.1, 0.15) is 0 Å². The van der Waals surface area contributed by atoms with Crippen molar-refractivity contribution in [1.29, 1.82) is 0 Å².